The molecule has 0 radical (unpaired) electrons. The van der Waals surface area contributed by atoms with Gasteiger partial charge < -0.3 is 4.74 Å². The number of hydrazone groups is 1. The molecule has 0 aliphatic carbocycles. The molecule has 1 amide bonds. The SMILES string of the molecule is CCOC(=O)[C@@H]1CC(c2ccc(Cl)c(Cl)c2)=NNC1=O. The van der Waals surface area contributed by atoms with Crippen LogP contribution in [0.1, 0.15) is 18.9 Å². The summed E-state index contributed by atoms with van der Waals surface area (Å²) in [7, 11) is 0. The molecular weight excluding hydrogens is 303 g/mol. The quantitative estimate of drug-likeness (QED) is 0.688. The Balaban J connectivity index is 2.23. The third-order valence-electron chi connectivity index (χ3n) is 2.84. The summed E-state index contributed by atoms with van der Waals surface area (Å²) in [5, 5.41) is 4.77. The van der Waals surface area contributed by atoms with Crippen molar-refractivity contribution in [2.45, 2.75) is 13.3 Å². The molecule has 1 N–H and O–H groups in total. The molecule has 1 aliphatic heterocycles. The molecule has 0 fully saturated rings. The van der Waals surface area contributed by atoms with Crippen molar-refractivity contribution in [2.24, 2.45) is 11.0 Å². The van der Waals surface area contributed by atoms with Crippen molar-refractivity contribution in [1.82, 2.24) is 5.43 Å². The maximum atomic E-state index is 11.7. The standard InChI is InChI=1S/C13H12Cl2N2O3/c1-2-20-13(19)8-6-11(16-17-12(8)18)7-3-4-9(14)10(15)5-7/h3-5,8H,2,6H2,1H3,(H,17,18)/t8-/m1/s1. The van der Waals surface area contributed by atoms with Gasteiger partial charge in [-0.3, -0.25) is 9.59 Å². The van der Waals surface area contributed by atoms with E-state index in [2.05, 4.69) is 10.5 Å². The normalized spacial score (nSPS) is 18.2. The van der Waals surface area contributed by atoms with Crippen LogP contribution in [0.25, 0.3) is 0 Å². The van der Waals surface area contributed by atoms with Gasteiger partial charge in [-0.1, -0.05) is 29.3 Å². The Bertz CT molecular complexity index is 587. The van der Waals surface area contributed by atoms with Gasteiger partial charge in [0.1, 0.15) is 5.92 Å². The number of ether oxygens (including phenoxy) is 1. The number of carbonyl (C=O) groups is 2. The zero-order chi connectivity index (χ0) is 14.7. The van der Waals surface area contributed by atoms with Crippen LogP contribution in [0, 0.1) is 5.92 Å². The topological polar surface area (TPSA) is 67.8 Å². The molecule has 0 aromatic heterocycles. The van der Waals surface area contributed by atoms with Gasteiger partial charge in [0.05, 0.1) is 22.4 Å². The summed E-state index contributed by atoms with van der Waals surface area (Å²) >= 11 is 11.8. The van der Waals surface area contributed by atoms with Crippen molar-refractivity contribution in [3.63, 3.8) is 0 Å². The number of rotatable bonds is 3. The summed E-state index contributed by atoms with van der Waals surface area (Å²) in [6.45, 7) is 1.91. The summed E-state index contributed by atoms with van der Waals surface area (Å²) in [5.41, 5.74) is 3.59. The average molecular weight is 315 g/mol. The van der Waals surface area contributed by atoms with Crippen LogP contribution in [-0.2, 0) is 14.3 Å². The van der Waals surface area contributed by atoms with E-state index in [0.29, 0.717) is 21.3 Å². The predicted molar refractivity (Wildman–Crippen MR) is 75.9 cm³/mol. The molecule has 20 heavy (non-hydrogen) atoms. The Hall–Kier alpha value is -1.59. The van der Waals surface area contributed by atoms with Gasteiger partial charge in [0.25, 0.3) is 5.91 Å². The van der Waals surface area contributed by atoms with Gasteiger partial charge >= 0.3 is 5.97 Å². The van der Waals surface area contributed by atoms with Crippen LogP contribution in [0.4, 0.5) is 0 Å². The monoisotopic (exact) mass is 314 g/mol. The van der Waals surface area contributed by atoms with E-state index in [-0.39, 0.29) is 13.0 Å². The van der Waals surface area contributed by atoms with Gasteiger partial charge in [-0.2, -0.15) is 5.10 Å². The molecule has 7 heteroatoms. The van der Waals surface area contributed by atoms with Gasteiger partial charge in [0.2, 0.25) is 0 Å². The minimum atomic E-state index is -0.892. The van der Waals surface area contributed by atoms with Gasteiger partial charge in [-0.05, 0) is 24.6 Å². The Morgan fingerprint density at radius 1 is 1.45 bits per heavy atom. The number of benzene rings is 1. The smallest absolute Gasteiger partial charge is 0.318 e. The van der Waals surface area contributed by atoms with E-state index in [4.69, 9.17) is 27.9 Å². The molecule has 0 bridgehead atoms. The average Bonchev–Trinajstić information content (AvgIpc) is 2.42. The lowest BCUT2D eigenvalue weighted by Gasteiger charge is -2.20. The molecule has 0 unspecified atom stereocenters. The van der Waals surface area contributed by atoms with Crippen molar-refractivity contribution < 1.29 is 14.3 Å². The second-order valence-electron chi connectivity index (χ2n) is 4.17. The highest BCUT2D eigenvalue weighted by Gasteiger charge is 2.33. The van der Waals surface area contributed by atoms with E-state index in [1.54, 1.807) is 25.1 Å². The van der Waals surface area contributed by atoms with Crippen LogP contribution in [0.5, 0.6) is 0 Å². The highest BCUT2D eigenvalue weighted by Crippen LogP contribution is 2.25. The molecule has 0 saturated heterocycles. The van der Waals surface area contributed by atoms with Crippen LogP contribution in [0.15, 0.2) is 23.3 Å². The summed E-state index contributed by atoms with van der Waals surface area (Å²) < 4.78 is 4.88. The molecular formula is C13H12Cl2N2O3. The van der Waals surface area contributed by atoms with E-state index in [1.165, 1.54) is 0 Å². The van der Waals surface area contributed by atoms with E-state index in [9.17, 15) is 9.59 Å². The first kappa shape index (κ1) is 14.8. The molecule has 1 aromatic carbocycles. The largest absolute Gasteiger partial charge is 0.465 e. The molecule has 1 aliphatic rings. The highest BCUT2D eigenvalue weighted by atomic mass is 35.5. The van der Waals surface area contributed by atoms with Crippen molar-refractivity contribution in [2.75, 3.05) is 6.61 Å². The minimum absolute atomic E-state index is 0.169. The summed E-state index contributed by atoms with van der Waals surface area (Å²) in [5.74, 6) is -1.92. The lowest BCUT2D eigenvalue weighted by Crippen LogP contribution is -2.40. The molecule has 1 aromatic rings. The zero-order valence-electron chi connectivity index (χ0n) is 10.7. The lowest BCUT2D eigenvalue weighted by atomic mass is 9.95. The van der Waals surface area contributed by atoms with Crippen LogP contribution >= 0.6 is 23.2 Å². The van der Waals surface area contributed by atoms with E-state index in [1.807, 2.05) is 0 Å². The van der Waals surface area contributed by atoms with E-state index in [0.717, 1.165) is 0 Å². The second-order valence-corrected chi connectivity index (χ2v) is 4.99. The fourth-order valence-electron chi connectivity index (χ4n) is 1.82. The lowest BCUT2D eigenvalue weighted by molar-refractivity contribution is -0.152. The number of nitrogens with zero attached hydrogens (tertiary/aromatic N) is 1. The van der Waals surface area contributed by atoms with Crippen molar-refractivity contribution >= 4 is 40.8 Å². The van der Waals surface area contributed by atoms with Gasteiger partial charge in [-0.15, -0.1) is 0 Å². The molecule has 2 rings (SSSR count). The second kappa shape index (κ2) is 6.24. The summed E-state index contributed by atoms with van der Waals surface area (Å²) in [6.07, 6.45) is 0.169. The van der Waals surface area contributed by atoms with Gasteiger partial charge in [-0.25, -0.2) is 5.43 Å². The zero-order valence-corrected chi connectivity index (χ0v) is 12.2. The van der Waals surface area contributed by atoms with Crippen LogP contribution < -0.4 is 5.43 Å². The van der Waals surface area contributed by atoms with Gasteiger partial charge in [0.15, 0.2) is 0 Å². The maximum absolute atomic E-state index is 11.7. The highest BCUT2D eigenvalue weighted by molar-refractivity contribution is 6.42. The first-order valence-corrected chi connectivity index (χ1v) is 6.77. The number of carbonyl (C=O) groups excluding carboxylic acids is 2. The first-order valence-electron chi connectivity index (χ1n) is 6.01. The molecule has 1 atom stereocenters. The van der Waals surface area contributed by atoms with E-state index < -0.39 is 17.8 Å². The van der Waals surface area contributed by atoms with Crippen LogP contribution in [0.3, 0.4) is 0 Å². The number of amides is 1. The Morgan fingerprint density at radius 2 is 2.20 bits per heavy atom. The van der Waals surface area contributed by atoms with Crippen molar-refractivity contribution in [3.8, 4) is 0 Å². The van der Waals surface area contributed by atoms with Gasteiger partial charge in [0, 0.05) is 6.42 Å². The number of hydrogen-bond acceptors (Lipinski definition) is 4. The fourth-order valence-corrected chi connectivity index (χ4v) is 2.12. The summed E-state index contributed by atoms with van der Waals surface area (Å²) in [4.78, 5) is 23.4. The molecule has 0 saturated carbocycles. The fraction of sp³-hybridized carbons (Fsp3) is 0.308. The van der Waals surface area contributed by atoms with Crippen molar-refractivity contribution in [1.29, 1.82) is 0 Å². The molecule has 1 heterocycles. The third-order valence-corrected chi connectivity index (χ3v) is 3.58. The predicted octanol–water partition coefficient (Wildman–Crippen LogP) is 2.40. The number of halogens is 2. The van der Waals surface area contributed by atoms with Crippen LogP contribution in [-0.4, -0.2) is 24.2 Å². The Labute approximate surface area is 125 Å². The Kier molecular flexibility index (Phi) is 4.62. The molecule has 106 valence electrons. The Morgan fingerprint density at radius 3 is 2.85 bits per heavy atom. The third kappa shape index (κ3) is 3.11. The van der Waals surface area contributed by atoms with Crippen molar-refractivity contribution in [3.05, 3.63) is 33.8 Å². The maximum Gasteiger partial charge on any atom is 0.318 e. The van der Waals surface area contributed by atoms with Crippen LogP contribution in [0.2, 0.25) is 10.0 Å². The number of esters is 1. The number of hydrogen-bond donors (Lipinski definition) is 1. The molecule has 0 spiro atoms. The number of nitrogens with one attached hydrogen (secondary N) is 1. The molecule has 5 nitrogen and oxygen atoms in total. The van der Waals surface area contributed by atoms with E-state index >= 15 is 0 Å². The first-order chi connectivity index (χ1) is 9.52. The summed E-state index contributed by atoms with van der Waals surface area (Å²) in [6, 6.07) is 5.01. The minimum Gasteiger partial charge on any atom is -0.465 e.